The maximum atomic E-state index is 12.5. The van der Waals surface area contributed by atoms with Gasteiger partial charge in [-0.15, -0.1) is 0 Å². The van der Waals surface area contributed by atoms with Gasteiger partial charge in [0.2, 0.25) is 0 Å². The minimum atomic E-state index is -0.0296. The summed E-state index contributed by atoms with van der Waals surface area (Å²) in [7, 11) is 2.01. The molecule has 1 saturated heterocycles. The van der Waals surface area contributed by atoms with Crippen molar-refractivity contribution in [1.82, 2.24) is 14.8 Å². The Morgan fingerprint density at radius 2 is 2.13 bits per heavy atom. The van der Waals surface area contributed by atoms with Crippen LogP contribution in [0.3, 0.4) is 0 Å². The zero-order valence-electron chi connectivity index (χ0n) is 13.2. The molecule has 1 aliphatic rings. The number of aromatic nitrogens is 1. The van der Waals surface area contributed by atoms with Crippen molar-refractivity contribution in [2.75, 3.05) is 6.54 Å². The summed E-state index contributed by atoms with van der Waals surface area (Å²) >= 11 is 0. The number of nitrogens with zero attached hydrogens (tertiary/aromatic N) is 3. The summed E-state index contributed by atoms with van der Waals surface area (Å²) in [6.45, 7) is 1.26. The second-order valence-corrected chi connectivity index (χ2v) is 5.86. The van der Waals surface area contributed by atoms with Crippen LogP contribution in [0.4, 0.5) is 4.79 Å². The maximum Gasteiger partial charge on any atom is 0.318 e. The van der Waals surface area contributed by atoms with E-state index in [9.17, 15) is 4.79 Å². The van der Waals surface area contributed by atoms with Crippen LogP contribution in [0.1, 0.15) is 35.7 Å². The average molecular weight is 308 g/mol. The van der Waals surface area contributed by atoms with Gasteiger partial charge in [-0.3, -0.25) is 0 Å². The first kappa shape index (κ1) is 15.2. The molecule has 1 aromatic heterocycles. The summed E-state index contributed by atoms with van der Waals surface area (Å²) in [6.07, 6.45) is 4.04. The SMILES string of the molecule is Cn1cccc1C1CCCN1C(=O)NCc1ccc(C#N)cc1. The van der Waals surface area contributed by atoms with E-state index in [1.807, 2.05) is 36.3 Å². The van der Waals surface area contributed by atoms with Gasteiger partial charge in [0.25, 0.3) is 0 Å². The second-order valence-electron chi connectivity index (χ2n) is 5.86. The first-order valence-electron chi connectivity index (χ1n) is 7.84. The number of nitrogens with one attached hydrogen (secondary N) is 1. The van der Waals surface area contributed by atoms with Gasteiger partial charge in [0.1, 0.15) is 0 Å². The van der Waals surface area contributed by atoms with Crippen LogP contribution >= 0.6 is 0 Å². The van der Waals surface area contributed by atoms with Crippen LogP contribution < -0.4 is 5.32 Å². The van der Waals surface area contributed by atoms with Crippen molar-refractivity contribution in [1.29, 1.82) is 5.26 Å². The molecular weight excluding hydrogens is 288 g/mol. The third kappa shape index (κ3) is 3.21. The summed E-state index contributed by atoms with van der Waals surface area (Å²) in [5, 5.41) is 11.8. The maximum absolute atomic E-state index is 12.5. The lowest BCUT2D eigenvalue weighted by atomic mass is 10.1. The van der Waals surface area contributed by atoms with E-state index in [1.165, 1.54) is 5.69 Å². The Morgan fingerprint density at radius 1 is 1.35 bits per heavy atom. The van der Waals surface area contributed by atoms with Gasteiger partial charge in [0.15, 0.2) is 0 Å². The topological polar surface area (TPSA) is 61.1 Å². The van der Waals surface area contributed by atoms with Gasteiger partial charge >= 0.3 is 6.03 Å². The molecule has 1 atom stereocenters. The zero-order valence-corrected chi connectivity index (χ0v) is 13.2. The molecule has 5 nitrogen and oxygen atoms in total. The third-order valence-electron chi connectivity index (χ3n) is 4.37. The number of carbonyl (C=O) groups excluding carboxylic acids is 1. The summed E-state index contributed by atoms with van der Waals surface area (Å²) in [5.74, 6) is 0. The molecule has 0 radical (unpaired) electrons. The summed E-state index contributed by atoms with van der Waals surface area (Å²) < 4.78 is 2.08. The van der Waals surface area contributed by atoms with Crippen molar-refractivity contribution < 1.29 is 4.79 Å². The Labute approximate surface area is 136 Å². The van der Waals surface area contributed by atoms with Gasteiger partial charge in [-0.25, -0.2) is 4.79 Å². The Kier molecular flexibility index (Phi) is 4.33. The second kappa shape index (κ2) is 6.57. The molecule has 23 heavy (non-hydrogen) atoms. The van der Waals surface area contributed by atoms with E-state index >= 15 is 0 Å². The first-order valence-corrected chi connectivity index (χ1v) is 7.84. The third-order valence-corrected chi connectivity index (χ3v) is 4.37. The molecule has 1 N–H and O–H groups in total. The number of amides is 2. The van der Waals surface area contributed by atoms with E-state index in [1.54, 1.807) is 12.1 Å². The molecule has 0 bridgehead atoms. The van der Waals surface area contributed by atoms with Gasteiger partial charge in [-0.1, -0.05) is 12.1 Å². The predicted molar refractivity (Wildman–Crippen MR) is 87.5 cm³/mol. The highest BCUT2D eigenvalue weighted by molar-refractivity contribution is 5.75. The molecule has 2 amide bonds. The molecule has 1 aromatic carbocycles. The fraction of sp³-hybridized carbons (Fsp3) is 0.333. The molecule has 118 valence electrons. The van der Waals surface area contributed by atoms with Gasteiger partial charge in [0, 0.05) is 32.0 Å². The lowest BCUT2D eigenvalue weighted by Gasteiger charge is -2.25. The number of aryl methyl sites for hydroxylation is 1. The predicted octanol–water partition coefficient (Wildman–Crippen LogP) is 2.94. The number of hydrogen-bond donors (Lipinski definition) is 1. The van der Waals surface area contributed by atoms with Gasteiger partial charge in [-0.05, 0) is 42.7 Å². The molecule has 1 unspecified atom stereocenters. The number of urea groups is 1. The van der Waals surface area contributed by atoms with E-state index in [-0.39, 0.29) is 12.1 Å². The Bertz CT molecular complexity index is 726. The first-order chi connectivity index (χ1) is 11.2. The number of nitriles is 1. The molecule has 0 aliphatic carbocycles. The molecule has 5 heteroatoms. The van der Waals surface area contributed by atoms with E-state index in [0.717, 1.165) is 24.9 Å². The van der Waals surface area contributed by atoms with Crippen molar-refractivity contribution in [3.63, 3.8) is 0 Å². The number of rotatable bonds is 3. The van der Waals surface area contributed by atoms with Gasteiger partial charge in [0.05, 0.1) is 17.7 Å². The fourth-order valence-electron chi connectivity index (χ4n) is 3.11. The molecule has 2 heterocycles. The van der Waals surface area contributed by atoms with Gasteiger partial charge in [-0.2, -0.15) is 5.26 Å². The van der Waals surface area contributed by atoms with E-state index in [2.05, 4.69) is 22.0 Å². The number of carbonyl (C=O) groups is 1. The Hall–Kier alpha value is -2.74. The zero-order chi connectivity index (χ0) is 16.2. The van der Waals surface area contributed by atoms with Crippen molar-refractivity contribution in [2.24, 2.45) is 7.05 Å². The molecule has 1 fully saturated rings. The quantitative estimate of drug-likeness (QED) is 0.947. The van der Waals surface area contributed by atoms with Crippen molar-refractivity contribution in [3.05, 3.63) is 59.4 Å². The van der Waals surface area contributed by atoms with E-state index < -0.39 is 0 Å². The summed E-state index contributed by atoms with van der Waals surface area (Å²) in [5.41, 5.74) is 2.80. The molecular formula is C18H20N4O. The highest BCUT2D eigenvalue weighted by Gasteiger charge is 2.31. The smallest absolute Gasteiger partial charge is 0.318 e. The van der Waals surface area contributed by atoms with Crippen molar-refractivity contribution in [2.45, 2.75) is 25.4 Å². The molecule has 1 aliphatic heterocycles. The Balaban J connectivity index is 1.63. The molecule has 0 saturated carbocycles. The monoisotopic (exact) mass is 308 g/mol. The lowest BCUT2D eigenvalue weighted by molar-refractivity contribution is 0.191. The molecule has 2 aromatic rings. The normalized spacial score (nSPS) is 17.0. The minimum Gasteiger partial charge on any atom is -0.353 e. The average Bonchev–Trinajstić information content (AvgIpc) is 3.21. The van der Waals surface area contributed by atoms with Crippen LogP contribution in [0, 0.1) is 11.3 Å². The standard InChI is InChI=1S/C18H20N4O/c1-21-10-2-4-16(21)17-5-3-11-22(17)18(23)20-13-15-8-6-14(12-19)7-9-15/h2,4,6-10,17H,3,5,11,13H2,1H3,(H,20,23). The largest absolute Gasteiger partial charge is 0.353 e. The van der Waals surface area contributed by atoms with Crippen LogP contribution in [-0.2, 0) is 13.6 Å². The van der Waals surface area contributed by atoms with Crippen molar-refractivity contribution in [3.8, 4) is 6.07 Å². The van der Waals surface area contributed by atoms with Crippen LogP contribution in [0.2, 0.25) is 0 Å². The van der Waals surface area contributed by atoms with Gasteiger partial charge < -0.3 is 14.8 Å². The Morgan fingerprint density at radius 3 is 2.78 bits per heavy atom. The van der Waals surface area contributed by atoms with Crippen LogP contribution in [0.5, 0.6) is 0 Å². The number of hydrogen-bond acceptors (Lipinski definition) is 2. The molecule has 3 rings (SSSR count). The number of benzene rings is 1. The van der Waals surface area contributed by atoms with Crippen LogP contribution in [0.25, 0.3) is 0 Å². The van der Waals surface area contributed by atoms with E-state index in [0.29, 0.717) is 12.1 Å². The number of likely N-dealkylation sites (tertiary alicyclic amines) is 1. The fourth-order valence-corrected chi connectivity index (χ4v) is 3.11. The highest BCUT2D eigenvalue weighted by Crippen LogP contribution is 2.31. The minimum absolute atomic E-state index is 0.0296. The van der Waals surface area contributed by atoms with Crippen LogP contribution in [0.15, 0.2) is 42.6 Å². The summed E-state index contributed by atoms with van der Waals surface area (Å²) in [6, 6.07) is 13.6. The van der Waals surface area contributed by atoms with Crippen LogP contribution in [-0.4, -0.2) is 22.0 Å². The van der Waals surface area contributed by atoms with E-state index in [4.69, 9.17) is 5.26 Å². The molecule has 0 spiro atoms. The highest BCUT2D eigenvalue weighted by atomic mass is 16.2. The van der Waals surface area contributed by atoms with Crippen molar-refractivity contribution >= 4 is 6.03 Å². The lowest BCUT2D eigenvalue weighted by Crippen LogP contribution is -2.39. The summed E-state index contributed by atoms with van der Waals surface area (Å²) in [4.78, 5) is 14.4.